The molecule has 0 aliphatic heterocycles. The van der Waals surface area contributed by atoms with Gasteiger partial charge in [-0.2, -0.15) is 10.2 Å². The molecule has 0 saturated heterocycles. The summed E-state index contributed by atoms with van der Waals surface area (Å²) in [5.74, 6) is 0. The molecule has 2 N–H and O–H groups in total. The second kappa shape index (κ2) is 6.91. The number of nitrogens with one attached hydrogen (secondary N) is 2. The molecule has 1 aliphatic carbocycles. The van der Waals surface area contributed by atoms with E-state index in [2.05, 4.69) is 44.5 Å². The van der Waals surface area contributed by atoms with Gasteiger partial charge in [-0.1, -0.05) is 6.42 Å². The van der Waals surface area contributed by atoms with Crippen molar-refractivity contribution in [3.63, 3.8) is 0 Å². The Kier molecular flexibility index (Phi) is 4.49. The zero-order valence-corrected chi connectivity index (χ0v) is 14.8. The maximum Gasteiger partial charge on any atom is 0.0797 e. The molecule has 6 heteroatoms. The summed E-state index contributed by atoms with van der Waals surface area (Å²) in [4.78, 5) is 4.96. The van der Waals surface area contributed by atoms with E-state index >= 15 is 0 Å². The van der Waals surface area contributed by atoms with Gasteiger partial charge < -0.3 is 0 Å². The van der Waals surface area contributed by atoms with Crippen molar-refractivity contribution in [2.24, 2.45) is 0 Å². The van der Waals surface area contributed by atoms with E-state index < -0.39 is 0 Å². The second-order valence-corrected chi connectivity index (χ2v) is 7.76. The SMILES string of the molecule is CN(Cc1ccc(-c2ccn[nH]2)s1)Cc1n[nH]c2c1CCCCC2. The highest BCUT2D eigenvalue weighted by atomic mass is 32.1. The minimum absolute atomic E-state index is 0.906. The number of thiophene rings is 1. The molecule has 0 atom stereocenters. The van der Waals surface area contributed by atoms with E-state index in [1.54, 1.807) is 6.20 Å². The van der Waals surface area contributed by atoms with Gasteiger partial charge >= 0.3 is 0 Å². The Bertz CT molecular complexity index is 786. The first kappa shape index (κ1) is 15.6. The number of hydrogen-bond donors (Lipinski definition) is 2. The Labute approximate surface area is 146 Å². The topological polar surface area (TPSA) is 60.6 Å². The minimum Gasteiger partial charge on any atom is -0.295 e. The van der Waals surface area contributed by atoms with Gasteiger partial charge in [-0.15, -0.1) is 11.3 Å². The van der Waals surface area contributed by atoms with E-state index in [1.807, 2.05) is 17.4 Å². The second-order valence-electron chi connectivity index (χ2n) is 6.60. The normalized spacial score (nSPS) is 14.8. The summed E-state index contributed by atoms with van der Waals surface area (Å²) in [7, 11) is 2.17. The average molecular weight is 341 g/mol. The molecule has 0 fully saturated rings. The Morgan fingerprint density at radius 2 is 2.00 bits per heavy atom. The first-order chi connectivity index (χ1) is 11.8. The molecule has 5 nitrogen and oxygen atoms in total. The molecule has 3 aromatic heterocycles. The molecule has 0 spiro atoms. The summed E-state index contributed by atoms with van der Waals surface area (Å²) < 4.78 is 0. The van der Waals surface area contributed by atoms with Crippen LogP contribution in [0.3, 0.4) is 0 Å². The Morgan fingerprint density at radius 1 is 1.08 bits per heavy atom. The van der Waals surface area contributed by atoms with Crippen LogP contribution in [0.4, 0.5) is 0 Å². The van der Waals surface area contributed by atoms with Crippen molar-refractivity contribution in [1.82, 2.24) is 25.3 Å². The Hall–Kier alpha value is -1.92. The van der Waals surface area contributed by atoms with E-state index in [9.17, 15) is 0 Å². The highest BCUT2D eigenvalue weighted by Gasteiger charge is 2.17. The van der Waals surface area contributed by atoms with Crippen LogP contribution in [-0.4, -0.2) is 32.3 Å². The number of aryl methyl sites for hydroxylation is 1. The monoisotopic (exact) mass is 341 g/mol. The zero-order valence-electron chi connectivity index (χ0n) is 14.0. The molecule has 4 rings (SSSR count). The molecule has 0 aromatic carbocycles. The highest BCUT2D eigenvalue weighted by molar-refractivity contribution is 7.15. The van der Waals surface area contributed by atoms with Gasteiger partial charge in [0.2, 0.25) is 0 Å². The van der Waals surface area contributed by atoms with Gasteiger partial charge in [-0.25, -0.2) is 0 Å². The van der Waals surface area contributed by atoms with Crippen LogP contribution in [0.15, 0.2) is 24.4 Å². The van der Waals surface area contributed by atoms with Crippen molar-refractivity contribution < 1.29 is 0 Å². The lowest BCUT2D eigenvalue weighted by atomic mass is 10.1. The first-order valence-corrected chi connectivity index (χ1v) is 9.43. The summed E-state index contributed by atoms with van der Waals surface area (Å²) in [6, 6.07) is 6.39. The summed E-state index contributed by atoms with van der Waals surface area (Å²) in [6.07, 6.45) is 8.05. The van der Waals surface area contributed by atoms with Crippen LogP contribution in [0, 0.1) is 0 Å². The molecule has 1 aliphatic rings. The van der Waals surface area contributed by atoms with Gasteiger partial charge in [0.05, 0.1) is 16.3 Å². The number of hydrogen-bond acceptors (Lipinski definition) is 4. The van der Waals surface area contributed by atoms with Crippen LogP contribution in [0.25, 0.3) is 10.6 Å². The average Bonchev–Trinajstić information content (AvgIpc) is 3.28. The van der Waals surface area contributed by atoms with Gasteiger partial charge in [0.25, 0.3) is 0 Å². The molecule has 0 saturated carbocycles. The van der Waals surface area contributed by atoms with Gasteiger partial charge in [0, 0.05) is 29.9 Å². The highest BCUT2D eigenvalue weighted by Crippen LogP contribution is 2.28. The summed E-state index contributed by atoms with van der Waals surface area (Å²) in [5.41, 5.74) is 5.17. The number of nitrogens with zero attached hydrogens (tertiary/aromatic N) is 3. The predicted molar refractivity (Wildman–Crippen MR) is 96.9 cm³/mol. The molecule has 3 aromatic rings. The van der Waals surface area contributed by atoms with Gasteiger partial charge in [0.1, 0.15) is 0 Å². The number of rotatable bonds is 5. The Morgan fingerprint density at radius 3 is 2.88 bits per heavy atom. The molecule has 3 heterocycles. The molecular formula is C18H23N5S. The summed E-state index contributed by atoms with van der Waals surface area (Å²) >= 11 is 1.82. The molecule has 24 heavy (non-hydrogen) atoms. The zero-order chi connectivity index (χ0) is 16.4. The summed E-state index contributed by atoms with van der Waals surface area (Å²) in [5, 5.41) is 14.9. The van der Waals surface area contributed by atoms with Crippen molar-refractivity contribution in [2.75, 3.05) is 7.05 Å². The van der Waals surface area contributed by atoms with E-state index in [-0.39, 0.29) is 0 Å². The molecule has 0 bridgehead atoms. The smallest absolute Gasteiger partial charge is 0.0797 e. The standard InChI is InChI=1S/C18H23N5S/c1-23(11-13-7-8-18(24-13)16-9-10-19-20-16)12-17-14-5-3-2-4-6-15(14)21-22-17/h7-10H,2-6,11-12H2,1H3,(H,19,20)(H,21,22). The van der Waals surface area contributed by atoms with Crippen LogP contribution in [-0.2, 0) is 25.9 Å². The predicted octanol–water partition coefficient (Wildman–Crippen LogP) is 3.76. The number of aromatic amines is 2. The largest absolute Gasteiger partial charge is 0.295 e. The lowest BCUT2D eigenvalue weighted by Gasteiger charge is -2.15. The number of H-pyrrole nitrogens is 2. The van der Waals surface area contributed by atoms with Crippen LogP contribution < -0.4 is 0 Å². The third kappa shape index (κ3) is 3.30. The van der Waals surface area contributed by atoms with Crippen molar-refractivity contribution >= 4 is 11.3 Å². The number of fused-ring (bicyclic) bond motifs is 1. The van der Waals surface area contributed by atoms with Crippen LogP contribution in [0.1, 0.15) is 41.1 Å². The minimum atomic E-state index is 0.906. The quantitative estimate of drug-likeness (QED) is 0.695. The molecule has 0 radical (unpaired) electrons. The van der Waals surface area contributed by atoms with E-state index in [0.717, 1.165) is 25.2 Å². The lowest BCUT2D eigenvalue weighted by Crippen LogP contribution is -2.17. The summed E-state index contributed by atoms with van der Waals surface area (Å²) in [6.45, 7) is 1.85. The van der Waals surface area contributed by atoms with Crippen molar-refractivity contribution in [2.45, 2.75) is 45.2 Å². The third-order valence-electron chi connectivity index (χ3n) is 4.67. The van der Waals surface area contributed by atoms with Gasteiger partial charge in [-0.3, -0.25) is 15.1 Å². The molecular weight excluding hydrogens is 318 g/mol. The van der Waals surface area contributed by atoms with Crippen molar-refractivity contribution in [1.29, 1.82) is 0 Å². The number of aromatic nitrogens is 4. The van der Waals surface area contributed by atoms with Crippen molar-refractivity contribution in [3.8, 4) is 10.6 Å². The fourth-order valence-corrected chi connectivity index (χ4v) is 4.50. The van der Waals surface area contributed by atoms with Crippen LogP contribution >= 0.6 is 11.3 Å². The molecule has 0 unspecified atom stereocenters. The van der Waals surface area contributed by atoms with Crippen LogP contribution in [0.5, 0.6) is 0 Å². The fraction of sp³-hybridized carbons (Fsp3) is 0.444. The van der Waals surface area contributed by atoms with Gasteiger partial charge in [0.15, 0.2) is 0 Å². The maximum atomic E-state index is 4.59. The first-order valence-electron chi connectivity index (χ1n) is 8.61. The Balaban J connectivity index is 1.42. The molecule has 0 amide bonds. The molecule has 126 valence electrons. The third-order valence-corrected chi connectivity index (χ3v) is 5.77. The maximum absolute atomic E-state index is 4.59. The van der Waals surface area contributed by atoms with E-state index in [0.29, 0.717) is 0 Å². The lowest BCUT2D eigenvalue weighted by molar-refractivity contribution is 0.316. The van der Waals surface area contributed by atoms with Crippen LogP contribution in [0.2, 0.25) is 0 Å². The van der Waals surface area contributed by atoms with Gasteiger partial charge in [-0.05, 0) is 56.5 Å². The van der Waals surface area contributed by atoms with E-state index in [4.69, 9.17) is 0 Å². The fourth-order valence-electron chi connectivity index (χ4n) is 3.44. The van der Waals surface area contributed by atoms with E-state index in [1.165, 1.54) is 52.4 Å². The van der Waals surface area contributed by atoms with Crippen molar-refractivity contribution in [3.05, 3.63) is 46.2 Å².